The molecule has 1 heterocycles. The molecule has 98 valence electrons. The monoisotopic (exact) mass is 264 g/mol. The van der Waals surface area contributed by atoms with Gasteiger partial charge in [0, 0.05) is 5.69 Å². The normalized spacial score (nSPS) is 10.4. The van der Waals surface area contributed by atoms with Crippen molar-refractivity contribution in [2.75, 3.05) is 5.32 Å². The first-order chi connectivity index (χ1) is 9.72. The van der Waals surface area contributed by atoms with Crippen LogP contribution in [-0.4, -0.2) is 16.1 Å². The van der Waals surface area contributed by atoms with Crippen LogP contribution < -0.4 is 5.32 Å². The predicted molar refractivity (Wildman–Crippen MR) is 78.4 cm³/mol. The Hall–Kier alpha value is -2.88. The molecule has 2 aromatic carbocycles. The number of aromatic nitrogens is 1. The summed E-state index contributed by atoms with van der Waals surface area (Å²) in [6, 6.07) is 18.9. The third kappa shape index (κ3) is 2.44. The number of pyridine rings is 1. The SMILES string of the molecule is O=C(O)c1cccc(Nc2ccc3ccccc3c2)n1. The minimum Gasteiger partial charge on any atom is -0.477 e. The maximum absolute atomic E-state index is 10.9. The summed E-state index contributed by atoms with van der Waals surface area (Å²) in [5, 5.41) is 14.3. The van der Waals surface area contributed by atoms with Crippen LogP contribution in [-0.2, 0) is 0 Å². The third-order valence-corrected chi connectivity index (χ3v) is 2.99. The molecular formula is C16H12N2O2. The number of hydrogen-bond donors (Lipinski definition) is 2. The molecule has 0 aliphatic heterocycles. The first-order valence-electron chi connectivity index (χ1n) is 6.18. The summed E-state index contributed by atoms with van der Waals surface area (Å²) in [5.41, 5.74) is 0.898. The first-order valence-corrected chi connectivity index (χ1v) is 6.18. The zero-order valence-corrected chi connectivity index (χ0v) is 10.6. The predicted octanol–water partition coefficient (Wildman–Crippen LogP) is 3.68. The largest absolute Gasteiger partial charge is 0.477 e. The van der Waals surface area contributed by atoms with Gasteiger partial charge in [-0.3, -0.25) is 0 Å². The van der Waals surface area contributed by atoms with E-state index in [2.05, 4.69) is 10.3 Å². The van der Waals surface area contributed by atoms with Crippen molar-refractivity contribution in [3.8, 4) is 0 Å². The van der Waals surface area contributed by atoms with Crippen molar-refractivity contribution in [3.63, 3.8) is 0 Å². The van der Waals surface area contributed by atoms with Gasteiger partial charge < -0.3 is 10.4 Å². The van der Waals surface area contributed by atoms with Gasteiger partial charge in [0.1, 0.15) is 5.82 Å². The summed E-state index contributed by atoms with van der Waals surface area (Å²) < 4.78 is 0. The number of aromatic carboxylic acids is 1. The van der Waals surface area contributed by atoms with Gasteiger partial charge in [-0.15, -0.1) is 0 Å². The Morgan fingerprint density at radius 3 is 2.55 bits per heavy atom. The molecule has 3 aromatic rings. The molecule has 20 heavy (non-hydrogen) atoms. The number of anilines is 2. The molecule has 0 spiro atoms. The second kappa shape index (κ2) is 5.01. The van der Waals surface area contributed by atoms with Crippen LogP contribution in [0.25, 0.3) is 10.8 Å². The van der Waals surface area contributed by atoms with Gasteiger partial charge in [-0.2, -0.15) is 0 Å². The van der Waals surface area contributed by atoms with Crippen molar-refractivity contribution in [1.29, 1.82) is 0 Å². The fourth-order valence-corrected chi connectivity index (χ4v) is 2.04. The highest BCUT2D eigenvalue weighted by Crippen LogP contribution is 2.21. The Morgan fingerprint density at radius 1 is 0.950 bits per heavy atom. The zero-order chi connectivity index (χ0) is 13.9. The van der Waals surface area contributed by atoms with E-state index in [1.807, 2.05) is 42.5 Å². The lowest BCUT2D eigenvalue weighted by atomic mass is 10.1. The van der Waals surface area contributed by atoms with Crippen LogP contribution in [0, 0.1) is 0 Å². The van der Waals surface area contributed by atoms with Crippen molar-refractivity contribution in [2.45, 2.75) is 0 Å². The number of rotatable bonds is 3. The van der Waals surface area contributed by atoms with Crippen LogP contribution in [0.5, 0.6) is 0 Å². The molecule has 0 saturated carbocycles. The zero-order valence-electron chi connectivity index (χ0n) is 10.6. The molecule has 0 amide bonds. The fourth-order valence-electron chi connectivity index (χ4n) is 2.04. The van der Waals surface area contributed by atoms with Gasteiger partial charge in [0.05, 0.1) is 0 Å². The summed E-state index contributed by atoms with van der Waals surface area (Å²) in [5.74, 6) is -0.521. The van der Waals surface area contributed by atoms with Crippen LogP contribution in [0.4, 0.5) is 11.5 Å². The van der Waals surface area contributed by atoms with Crippen molar-refractivity contribution in [1.82, 2.24) is 4.98 Å². The standard InChI is InChI=1S/C16H12N2O2/c19-16(20)14-6-3-7-15(18-14)17-13-9-8-11-4-1-2-5-12(11)10-13/h1-10H,(H,17,18)(H,19,20). The maximum atomic E-state index is 10.9. The van der Waals surface area contributed by atoms with Gasteiger partial charge in [-0.1, -0.05) is 36.4 Å². The highest BCUT2D eigenvalue weighted by Gasteiger charge is 2.05. The molecule has 0 aliphatic rings. The second-order valence-electron chi connectivity index (χ2n) is 4.40. The number of hydrogen-bond acceptors (Lipinski definition) is 3. The number of nitrogens with zero attached hydrogens (tertiary/aromatic N) is 1. The molecule has 0 atom stereocenters. The Balaban J connectivity index is 1.92. The molecule has 2 N–H and O–H groups in total. The summed E-state index contributed by atoms with van der Waals surface area (Å²) in [6.07, 6.45) is 0. The van der Waals surface area contributed by atoms with Gasteiger partial charge in [0.15, 0.2) is 5.69 Å². The van der Waals surface area contributed by atoms with Crippen molar-refractivity contribution >= 4 is 28.2 Å². The average molecular weight is 264 g/mol. The molecule has 0 unspecified atom stereocenters. The molecule has 0 saturated heterocycles. The summed E-state index contributed by atoms with van der Waals surface area (Å²) in [7, 11) is 0. The van der Waals surface area contributed by atoms with Gasteiger partial charge in [-0.05, 0) is 35.0 Å². The van der Waals surface area contributed by atoms with Gasteiger partial charge in [0.25, 0.3) is 0 Å². The summed E-state index contributed by atoms with van der Waals surface area (Å²) >= 11 is 0. The number of carboxylic acids is 1. The Bertz CT molecular complexity index is 784. The van der Waals surface area contributed by atoms with E-state index in [0.717, 1.165) is 16.5 Å². The van der Waals surface area contributed by atoms with E-state index in [4.69, 9.17) is 5.11 Å². The molecular weight excluding hydrogens is 252 g/mol. The fraction of sp³-hybridized carbons (Fsp3) is 0. The number of fused-ring (bicyclic) bond motifs is 1. The molecule has 4 heteroatoms. The molecule has 3 rings (SSSR count). The smallest absolute Gasteiger partial charge is 0.354 e. The maximum Gasteiger partial charge on any atom is 0.354 e. The number of nitrogens with one attached hydrogen (secondary N) is 1. The number of carbonyl (C=O) groups is 1. The minimum atomic E-state index is -1.04. The number of carboxylic acid groups (broad SMARTS) is 1. The third-order valence-electron chi connectivity index (χ3n) is 2.99. The molecule has 0 bridgehead atoms. The lowest BCUT2D eigenvalue weighted by molar-refractivity contribution is 0.0690. The Labute approximate surface area is 115 Å². The lowest BCUT2D eigenvalue weighted by Gasteiger charge is -2.07. The summed E-state index contributed by atoms with van der Waals surface area (Å²) in [4.78, 5) is 14.9. The van der Waals surface area contributed by atoms with E-state index in [1.54, 1.807) is 12.1 Å². The Morgan fingerprint density at radius 2 is 1.75 bits per heavy atom. The summed E-state index contributed by atoms with van der Waals surface area (Å²) in [6.45, 7) is 0. The highest BCUT2D eigenvalue weighted by molar-refractivity contribution is 5.87. The minimum absolute atomic E-state index is 0.0239. The van der Waals surface area contributed by atoms with Crippen LogP contribution in [0.1, 0.15) is 10.5 Å². The van der Waals surface area contributed by atoms with E-state index in [0.29, 0.717) is 5.82 Å². The van der Waals surface area contributed by atoms with Gasteiger partial charge in [-0.25, -0.2) is 9.78 Å². The second-order valence-corrected chi connectivity index (χ2v) is 4.40. The van der Waals surface area contributed by atoms with Crippen molar-refractivity contribution < 1.29 is 9.90 Å². The van der Waals surface area contributed by atoms with Crippen LogP contribution in [0.3, 0.4) is 0 Å². The molecule has 0 aliphatic carbocycles. The average Bonchev–Trinajstić information content (AvgIpc) is 2.47. The molecule has 4 nitrogen and oxygen atoms in total. The lowest BCUT2D eigenvalue weighted by Crippen LogP contribution is -2.02. The van der Waals surface area contributed by atoms with Gasteiger partial charge in [0.2, 0.25) is 0 Å². The first kappa shape index (κ1) is 12.2. The van der Waals surface area contributed by atoms with Crippen LogP contribution in [0.2, 0.25) is 0 Å². The molecule has 1 aromatic heterocycles. The van der Waals surface area contributed by atoms with E-state index in [1.165, 1.54) is 6.07 Å². The van der Waals surface area contributed by atoms with Crippen molar-refractivity contribution in [3.05, 3.63) is 66.4 Å². The molecule has 0 radical (unpaired) electrons. The van der Waals surface area contributed by atoms with E-state index >= 15 is 0 Å². The van der Waals surface area contributed by atoms with Gasteiger partial charge >= 0.3 is 5.97 Å². The van der Waals surface area contributed by atoms with E-state index < -0.39 is 5.97 Å². The number of benzene rings is 2. The quantitative estimate of drug-likeness (QED) is 0.757. The van der Waals surface area contributed by atoms with E-state index in [9.17, 15) is 4.79 Å². The van der Waals surface area contributed by atoms with Crippen LogP contribution in [0.15, 0.2) is 60.7 Å². The highest BCUT2D eigenvalue weighted by atomic mass is 16.4. The molecule has 0 fully saturated rings. The van der Waals surface area contributed by atoms with Crippen molar-refractivity contribution in [2.24, 2.45) is 0 Å². The Kier molecular flexibility index (Phi) is 3.05. The van der Waals surface area contributed by atoms with E-state index in [-0.39, 0.29) is 5.69 Å². The van der Waals surface area contributed by atoms with Crippen LogP contribution >= 0.6 is 0 Å². The topological polar surface area (TPSA) is 62.2 Å².